The number of ether oxygens (including phenoxy) is 1. The molecule has 0 amide bonds. The second-order valence-electron chi connectivity index (χ2n) is 3.87. The van der Waals surface area contributed by atoms with Crippen LogP contribution in [0.3, 0.4) is 0 Å². The smallest absolute Gasteiger partial charge is 0.338 e. The molecule has 0 unspecified atom stereocenters. The van der Waals surface area contributed by atoms with E-state index in [1.807, 2.05) is 0 Å². The SMILES string of the molecule is O=C(OCc1ccccc1Cl)c1ccc(O)c(O)c1. The Morgan fingerprint density at radius 3 is 2.53 bits per heavy atom. The predicted octanol–water partition coefficient (Wildman–Crippen LogP) is 3.11. The van der Waals surface area contributed by atoms with Gasteiger partial charge in [-0.1, -0.05) is 29.8 Å². The van der Waals surface area contributed by atoms with E-state index in [4.69, 9.17) is 21.4 Å². The highest BCUT2D eigenvalue weighted by atomic mass is 35.5. The summed E-state index contributed by atoms with van der Waals surface area (Å²) in [5, 5.41) is 19.0. The van der Waals surface area contributed by atoms with E-state index in [0.29, 0.717) is 10.6 Å². The first-order valence-electron chi connectivity index (χ1n) is 5.50. The van der Waals surface area contributed by atoms with Gasteiger partial charge in [0.15, 0.2) is 11.5 Å². The number of carbonyl (C=O) groups is 1. The molecule has 0 aliphatic heterocycles. The van der Waals surface area contributed by atoms with Crippen molar-refractivity contribution in [2.24, 2.45) is 0 Å². The molecule has 0 saturated carbocycles. The van der Waals surface area contributed by atoms with E-state index in [1.54, 1.807) is 24.3 Å². The van der Waals surface area contributed by atoms with Gasteiger partial charge in [-0.3, -0.25) is 0 Å². The molecule has 0 aliphatic rings. The summed E-state index contributed by atoms with van der Waals surface area (Å²) in [6.45, 7) is 0.0418. The van der Waals surface area contributed by atoms with Crippen LogP contribution in [0.4, 0.5) is 0 Å². The number of hydrogen-bond donors (Lipinski definition) is 2. The number of phenols is 2. The zero-order chi connectivity index (χ0) is 13.8. The summed E-state index contributed by atoms with van der Waals surface area (Å²) in [6.07, 6.45) is 0. The standard InChI is InChI=1S/C14H11ClO4/c15-11-4-2-1-3-10(11)8-19-14(18)9-5-6-12(16)13(17)7-9/h1-7,16-17H,8H2. The third kappa shape index (κ3) is 3.17. The van der Waals surface area contributed by atoms with Gasteiger partial charge in [-0.25, -0.2) is 4.79 Å². The van der Waals surface area contributed by atoms with Crippen LogP contribution in [0.1, 0.15) is 15.9 Å². The summed E-state index contributed by atoms with van der Waals surface area (Å²) in [7, 11) is 0. The fourth-order valence-electron chi connectivity index (χ4n) is 1.49. The number of aromatic hydroxyl groups is 2. The van der Waals surface area contributed by atoms with Gasteiger partial charge < -0.3 is 14.9 Å². The summed E-state index contributed by atoms with van der Waals surface area (Å²) >= 11 is 5.94. The van der Waals surface area contributed by atoms with E-state index in [2.05, 4.69) is 0 Å². The van der Waals surface area contributed by atoms with Crippen LogP contribution in [0.15, 0.2) is 42.5 Å². The van der Waals surface area contributed by atoms with E-state index in [1.165, 1.54) is 12.1 Å². The van der Waals surface area contributed by atoms with Gasteiger partial charge in [0.05, 0.1) is 5.56 Å². The number of halogens is 1. The van der Waals surface area contributed by atoms with Crippen molar-refractivity contribution in [2.75, 3.05) is 0 Å². The number of esters is 1. The summed E-state index contributed by atoms with van der Waals surface area (Å²) < 4.78 is 5.07. The Bertz CT molecular complexity index is 610. The predicted molar refractivity (Wildman–Crippen MR) is 70.3 cm³/mol. The first-order chi connectivity index (χ1) is 9.08. The molecule has 0 aromatic heterocycles. The maximum absolute atomic E-state index is 11.7. The first kappa shape index (κ1) is 13.2. The quantitative estimate of drug-likeness (QED) is 0.669. The van der Waals surface area contributed by atoms with Crippen LogP contribution in [0.5, 0.6) is 11.5 Å². The van der Waals surface area contributed by atoms with Gasteiger partial charge in [0.2, 0.25) is 0 Å². The fraction of sp³-hybridized carbons (Fsp3) is 0.0714. The number of benzene rings is 2. The van der Waals surface area contributed by atoms with Gasteiger partial charge in [-0.05, 0) is 24.3 Å². The zero-order valence-corrected chi connectivity index (χ0v) is 10.6. The maximum atomic E-state index is 11.7. The van der Waals surface area contributed by atoms with Crippen molar-refractivity contribution in [2.45, 2.75) is 6.61 Å². The number of rotatable bonds is 3. The highest BCUT2D eigenvalue weighted by Crippen LogP contribution is 2.25. The molecule has 0 heterocycles. The highest BCUT2D eigenvalue weighted by molar-refractivity contribution is 6.31. The Morgan fingerprint density at radius 1 is 1.11 bits per heavy atom. The van der Waals surface area contributed by atoms with Crippen LogP contribution in [0.25, 0.3) is 0 Å². The number of hydrogen-bond acceptors (Lipinski definition) is 4. The van der Waals surface area contributed by atoms with Gasteiger partial charge >= 0.3 is 5.97 Å². The van der Waals surface area contributed by atoms with E-state index in [0.717, 1.165) is 6.07 Å². The average Bonchev–Trinajstić information content (AvgIpc) is 2.40. The minimum absolute atomic E-state index is 0.0418. The van der Waals surface area contributed by atoms with Crippen molar-refractivity contribution in [3.05, 3.63) is 58.6 Å². The van der Waals surface area contributed by atoms with Crippen LogP contribution in [0, 0.1) is 0 Å². The van der Waals surface area contributed by atoms with Crippen LogP contribution in [-0.2, 0) is 11.3 Å². The molecule has 0 aliphatic carbocycles. The third-order valence-electron chi connectivity index (χ3n) is 2.53. The molecule has 4 nitrogen and oxygen atoms in total. The Hall–Kier alpha value is -2.20. The van der Waals surface area contributed by atoms with Gasteiger partial charge in [0.25, 0.3) is 0 Å². The molecule has 5 heteroatoms. The molecule has 2 aromatic rings. The van der Waals surface area contributed by atoms with Gasteiger partial charge in [-0.15, -0.1) is 0 Å². The Labute approximate surface area is 114 Å². The second kappa shape index (κ2) is 5.63. The monoisotopic (exact) mass is 278 g/mol. The topological polar surface area (TPSA) is 66.8 Å². The lowest BCUT2D eigenvalue weighted by atomic mass is 10.2. The van der Waals surface area contributed by atoms with E-state index in [-0.39, 0.29) is 23.7 Å². The largest absolute Gasteiger partial charge is 0.504 e. The Morgan fingerprint density at radius 2 is 1.84 bits per heavy atom. The molecule has 0 radical (unpaired) electrons. The average molecular weight is 279 g/mol. The van der Waals surface area contributed by atoms with Gasteiger partial charge in [-0.2, -0.15) is 0 Å². The second-order valence-corrected chi connectivity index (χ2v) is 4.28. The lowest BCUT2D eigenvalue weighted by Gasteiger charge is -2.07. The molecule has 0 bridgehead atoms. The molecule has 0 spiro atoms. The lowest BCUT2D eigenvalue weighted by molar-refractivity contribution is 0.0472. The molecule has 19 heavy (non-hydrogen) atoms. The van der Waals surface area contributed by atoms with Crippen molar-refractivity contribution in [1.82, 2.24) is 0 Å². The van der Waals surface area contributed by atoms with Crippen molar-refractivity contribution in [1.29, 1.82) is 0 Å². The van der Waals surface area contributed by atoms with E-state index in [9.17, 15) is 9.90 Å². The maximum Gasteiger partial charge on any atom is 0.338 e. The van der Waals surface area contributed by atoms with Crippen LogP contribution < -0.4 is 0 Å². The molecule has 2 rings (SSSR count). The van der Waals surface area contributed by atoms with Crippen molar-refractivity contribution in [3.8, 4) is 11.5 Å². The minimum atomic E-state index is -0.602. The van der Waals surface area contributed by atoms with Crippen LogP contribution in [-0.4, -0.2) is 16.2 Å². The van der Waals surface area contributed by atoms with Crippen LogP contribution in [0.2, 0.25) is 5.02 Å². The molecule has 2 N–H and O–H groups in total. The summed E-state index contributed by atoms with van der Waals surface area (Å²) in [5.74, 6) is -1.26. The molecular weight excluding hydrogens is 268 g/mol. The Kier molecular flexibility index (Phi) is 3.92. The normalized spacial score (nSPS) is 10.2. The summed E-state index contributed by atoms with van der Waals surface area (Å²) in [5.41, 5.74) is 0.850. The van der Waals surface area contributed by atoms with Crippen LogP contribution >= 0.6 is 11.6 Å². The van der Waals surface area contributed by atoms with Gasteiger partial charge in [0, 0.05) is 10.6 Å². The molecule has 0 atom stereocenters. The summed E-state index contributed by atoms with van der Waals surface area (Å²) in [4.78, 5) is 11.7. The number of phenolic OH excluding ortho intramolecular Hbond substituents is 2. The minimum Gasteiger partial charge on any atom is -0.504 e. The highest BCUT2D eigenvalue weighted by Gasteiger charge is 2.11. The first-order valence-corrected chi connectivity index (χ1v) is 5.88. The third-order valence-corrected chi connectivity index (χ3v) is 2.90. The van der Waals surface area contributed by atoms with E-state index < -0.39 is 5.97 Å². The summed E-state index contributed by atoms with van der Waals surface area (Å²) in [6, 6.07) is 10.8. The fourth-order valence-corrected chi connectivity index (χ4v) is 1.68. The lowest BCUT2D eigenvalue weighted by Crippen LogP contribution is -2.05. The Balaban J connectivity index is 2.05. The molecule has 0 saturated heterocycles. The number of carbonyl (C=O) groups excluding carboxylic acids is 1. The molecule has 98 valence electrons. The molecular formula is C14H11ClO4. The molecule has 0 fully saturated rings. The molecule has 2 aromatic carbocycles. The van der Waals surface area contributed by atoms with E-state index >= 15 is 0 Å². The van der Waals surface area contributed by atoms with Crippen molar-refractivity contribution < 1.29 is 19.7 Å². The van der Waals surface area contributed by atoms with Gasteiger partial charge in [0.1, 0.15) is 6.61 Å². The van der Waals surface area contributed by atoms with Crippen molar-refractivity contribution >= 4 is 17.6 Å². The van der Waals surface area contributed by atoms with Crippen molar-refractivity contribution in [3.63, 3.8) is 0 Å². The zero-order valence-electron chi connectivity index (χ0n) is 9.84.